The highest BCUT2D eigenvalue weighted by molar-refractivity contribution is 7.25. The first-order chi connectivity index (χ1) is 67.4. The summed E-state index contributed by atoms with van der Waals surface area (Å²) in [6, 6.07) is 153. The zero-order chi connectivity index (χ0) is 89.3. The Labute approximate surface area is 778 Å². The van der Waals surface area contributed by atoms with Crippen LogP contribution < -0.4 is 0 Å². The fourth-order valence-electron chi connectivity index (χ4n) is 20.8. The average Bonchev–Trinajstić information content (AvgIpc) is 1.56. The van der Waals surface area contributed by atoms with Gasteiger partial charge in [0.2, 0.25) is 17.8 Å². The Bertz CT molecular complexity index is 9890. The molecule has 0 amide bonds. The minimum absolute atomic E-state index is 0.658. The minimum atomic E-state index is 0.658. The van der Waals surface area contributed by atoms with E-state index >= 15 is 0 Å². The van der Waals surface area contributed by atoms with Crippen molar-refractivity contribution in [3.05, 3.63) is 436 Å². The molecule has 19 aromatic carbocycles. The van der Waals surface area contributed by atoms with Gasteiger partial charge in [0.25, 0.3) is 0 Å². The molecule has 0 fully saturated rings. The molecule has 30 rings (SSSR count). The summed E-state index contributed by atoms with van der Waals surface area (Å²) in [5, 5.41) is 24.3. The molecule has 15 heteroatoms. The van der Waals surface area contributed by atoms with Crippen LogP contribution >= 0.6 is 11.3 Å². The lowest BCUT2D eigenvalue weighted by Gasteiger charge is -2.12. The summed E-state index contributed by atoms with van der Waals surface area (Å²) in [6.07, 6.45) is 0. The maximum absolute atomic E-state index is 9.20. The summed E-state index contributed by atoms with van der Waals surface area (Å²) in [4.78, 5) is 31.0. The highest BCUT2D eigenvalue weighted by Gasteiger charge is 2.26. The predicted octanol–water partition coefficient (Wildman–Crippen LogP) is 30.9. The van der Waals surface area contributed by atoms with E-state index in [0.29, 0.717) is 5.56 Å². The van der Waals surface area contributed by atoms with Crippen molar-refractivity contribution in [2.45, 2.75) is 0 Å². The molecule has 0 aliphatic heterocycles. The Kier molecular flexibility index (Phi) is 17.0. The average molecular weight is 1760 g/mol. The van der Waals surface area contributed by atoms with Crippen molar-refractivity contribution in [3.8, 4) is 79.5 Å². The zero-order valence-corrected chi connectivity index (χ0v) is 73.4. The van der Waals surface area contributed by atoms with Gasteiger partial charge in [-0.15, -0.1) is 11.3 Å². The Morgan fingerprint density at radius 1 is 0.199 bits per heavy atom. The second-order valence-corrected chi connectivity index (χ2v) is 35.9. The topological polar surface area (TPSA) is 142 Å². The number of nitrogens with zero attached hydrogens (tertiary/aromatic N) is 13. The number of fused-ring (bicyclic) bond motifs is 30. The standard InChI is InChI=1S/C44H26N4O.C44H26N4S.C33H19N5/c2*1-4-12-36-34(11-1)43-45-37-13-5-7-15-40(37)48(43)44(46-36)47-38-14-6-2-9-31(38)35-25-29(22-24-39(35)47)27-17-19-28(20-18-27)30-21-23-33-32-10-3-8-16-41(32)49-42(33)26-30;34-20-21-13-15-22(16-14-21)23-17-18-30-26(19-23)24-7-2-5-11-29(24)37(30)33-36-27-9-3-1-8-25(27)32-35-28-10-4-6-12-31(28)38(32)33/h2*1-26H;1-19H. The van der Waals surface area contributed by atoms with Gasteiger partial charge in [0, 0.05) is 79.4 Å². The first-order valence-corrected chi connectivity index (χ1v) is 46.3. The van der Waals surface area contributed by atoms with Crippen LogP contribution in [0.1, 0.15) is 5.56 Å². The molecule has 0 radical (unpaired) electrons. The quantitative estimate of drug-likeness (QED) is 0.146. The molecule has 11 aromatic heterocycles. The molecule has 0 saturated heterocycles. The second kappa shape index (κ2) is 30.3. The van der Waals surface area contributed by atoms with Gasteiger partial charge in [-0.05, 0) is 225 Å². The van der Waals surface area contributed by atoms with Crippen LogP contribution in [0.2, 0.25) is 0 Å². The SMILES string of the molecule is N#Cc1ccc(-c2ccc3c(c2)c2ccccc2n3-c2nc3ccccc3c3nc4ccccc4n23)cc1.c1ccc2c(c1)nc(-n1c3ccccc3c3cc(-c4ccc(-c5ccc6c(c5)oc5ccccc56)cc4)ccc31)n1c3ccccc3nc21.c1ccc2c(c1)nc(-n1c3ccccc3c3cc(-c4ccc(-c5ccc6c(c5)sc5ccccc56)cc4)ccc31)n1c3ccccc3nc21. The molecule has 0 unspecified atom stereocenters. The lowest BCUT2D eigenvalue weighted by molar-refractivity contribution is 0.669. The van der Waals surface area contributed by atoms with Gasteiger partial charge in [0.1, 0.15) is 28.1 Å². The maximum atomic E-state index is 9.20. The van der Waals surface area contributed by atoms with Gasteiger partial charge in [-0.1, -0.05) is 261 Å². The van der Waals surface area contributed by atoms with Crippen molar-refractivity contribution < 1.29 is 4.42 Å². The Morgan fingerprint density at radius 2 is 0.478 bits per heavy atom. The van der Waals surface area contributed by atoms with Crippen LogP contribution in [0.15, 0.2) is 435 Å². The zero-order valence-electron chi connectivity index (χ0n) is 72.6. The number of rotatable bonds is 8. The van der Waals surface area contributed by atoms with E-state index in [1.165, 1.54) is 75.1 Å². The minimum Gasteiger partial charge on any atom is -0.456 e. The van der Waals surface area contributed by atoms with Crippen molar-refractivity contribution in [3.63, 3.8) is 0 Å². The van der Waals surface area contributed by atoms with Gasteiger partial charge >= 0.3 is 0 Å². The molecule has 14 nitrogen and oxygen atoms in total. The number of aromatic nitrogens is 12. The Morgan fingerprint density at radius 3 is 0.882 bits per heavy atom. The molecule has 0 saturated carbocycles. The number of imidazole rings is 3. The lowest BCUT2D eigenvalue weighted by atomic mass is 9.98. The van der Waals surface area contributed by atoms with Crippen molar-refractivity contribution in [1.82, 2.24) is 56.8 Å². The maximum Gasteiger partial charge on any atom is 0.221 e. The van der Waals surface area contributed by atoms with E-state index in [0.717, 1.165) is 189 Å². The Hall–Kier alpha value is -18.5. The van der Waals surface area contributed by atoms with E-state index in [1.807, 2.05) is 96.3 Å². The Balaban J connectivity index is 0.000000102. The molecule has 0 atom stereocenters. The summed E-state index contributed by atoms with van der Waals surface area (Å²) in [5.41, 5.74) is 32.1. The molecular formula is C121H71N13OS. The third-order valence-corrected chi connectivity index (χ3v) is 28.3. The molecular weight excluding hydrogens is 1680 g/mol. The number of para-hydroxylation sites is 13. The van der Waals surface area contributed by atoms with Gasteiger partial charge in [0.05, 0.1) is 94.4 Å². The molecule has 0 aliphatic rings. The molecule has 0 aliphatic carbocycles. The number of furan rings is 1. The van der Waals surface area contributed by atoms with Crippen molar-refractivity contribution in [2.24, 2.45) is 0 Å². The largest absolute Gasteiger partial charge is 0.456 e. The highest BCUT2D eigenvalue weighted by Crippen LogP contribution is 2.45. The summed E-state index contributed by atoms with van der Waals surface area (Å²) < 4.78 is 22.3. The van der Waals surface area contributed by atoms with Crippen LogP contribution in [-0.2, 0) is 0 Å². The van der Waals surface area contributed by atoms with Crippen molar-refractivity contribution in [2.75, 3.05) is 0 Å². The van der Waals surface area contributed by atoms with Crippen molar-refractivity contribution in [1.29, 1.82) is 5.26 Å². The van der Waals surface area contributed by atoms with Crippen LogP contribution in [0, 0.1) is 11.3 Å². The number of nitriles is 1. The first kappa shape index (κ1) is 76.4. The molecule has 632 valence electrons. The number of benzene rings is 19. The molecule has 0 N–H and O–H groups in total. The number of hydrogen-bond donors (Lipinski definition) is 0. The summed E-state index contributed by atoms with van der Waals surface area (Å²) in [6.45, 7) is 0. The fraction of sp³-hybridized carbons (Fsp3) is 0. The summed E-state index contributed by atoms with van der Waals surface area (Å²) in [7, 11) is 0. The normalized spacial score (nSPS) is 12.0. The molecule has 30 aromatic rings. The number of thiophene rings is 1. The molecule has 136 heavy (non-hydrogen) atoms. The summed E-state index contributed by atoms with van der Waals surface area (Å²) >= 11 is 1.86. The van der Waals surface area contributed by atoms with Crippen molar-refractivity contribution >= 4 is 202 Å². The van der Waals surface area contributed by atoms with Gasteiger partial charge in [-0.25, -0.2) is 29.9 Å². The van der Waals surface area contributed by atoms with E-state index in [2.05, 4.69) is 379 Å². The van der Waals surface area contributed by atoms with Crippen LogP contribution in [0.5, 0.6) is 0 Å². The second-order valence-electron chi connectivity index (χ2n) is 34.8. The van der Waals surface area contributed by atoms with E-state index in [4.69, 9.17) is 34.3 Å². The molecule has 11 heterocycles. The first-order valence-electron chi connectivity index (χ1n) is 45.5. The van der Waals surface area contributed by atoms with Gasteiger partial charge in [-0.2, -0.15) is 5.26 Å². The monoisotopic (exact) mass is 1750 g/mol. The lowest BCUT2D eigenvalue weighted by Crippen LogP contribution is -2.06. The van der Waals surface area contributed by atoms with E-state index in [1.54, 1.807) is 0 Å². The van der Waals surface area contributed by atoms with E-state index < -0.39 is 0 Å². The third-order valence-electron chi connectivity index (χ3n) is 27.2. The smallest absolute Gasteiger partial charge is 0.221 e. The third kappa shape index (κ3) is 12.0. The fourth-order valence-corrected chi connectivity index (χ4v) is 21.9. The van der Waals surface area contributed by atoms with Crippen LogP contribution in [0.3, 0.4) is 0 Å². The van der Waals surface area contributed by atoms with Crippen LogP contribution in [0.4, 0.5) is 0 Å². The highest BCUT2D eigenvalue weighted by atomic mass is 32.1. The number of hydrogen-bond acceptors (Lipinski definition) is 9. The van der Waals surface area contributed by atoms with Crippen LogP contribution in [0.25, 0.3) is 264 Å². The molecule has 0 bridgehead atoms. The van der Waals surface area contributed by atoms with Gasteiger partial charge in [-0.3, -0.25) is 26.9 Å². The van der Waals surface area contributed by atoms with Gasteiger partial charge < -0.3 is 4.42 Å². The van der Waals surface area contributed by atoms with Crippen LogP contribution in [-0.4, -0.2) is 56.8 Å². The van der Waals surface area contributed by atoms with E-state index in [-0.39, 0.29) is 0 Å². The van der Waals surface area contributed by atoms with E-state index in [9.17, 15) is 5.26 Å². The molecule has 0 spiro atoms. The van der Waals surface area contributed by atoms with Gasteiger partial charge in [0.15, 0.2) is 0 Å². The predicted molar refractivity (Wildman–Crippen MR) is 559 cm³/mol. The summed E-state index contributed by atoms with van der Waals surface area (Å²) in [5.74, 6) is 2.47.